The lowest BCUT2D eigenvalue weighted by Gasteiger charge is -1.98. The Labute approximate surface area is 81.6 Å². The molecule has 0 amide bonds. The molecule has 0 radical (unpaired) electrons. The molecule has 1 aliphatic carbocycles. The number of aromatic nitrogens is 3. The van der Waals surface area contributed by atoms with Crippen LogP contribution in [0.25, 0.3) is 5.65 Å². The van der Waals surface area contributed by atoms with Crippen LogP contribution < -0.4 is 4.74 Å². The fraction of sp³-hybridized carbons (Fsp3) is 0.400. The van der Waals surface area contributed by atoms with Gasteiger partial charge in [-0.2, -0.15) is 0 Å². The van der Waals surface area contributed by atoms with Gasteiger partial charge >= 0.3 is 0 Å². The molecule has 0 unspecified atom stereocenters. The van der Waals surface area contributed by atoms with Crippen LogP contribution in [0, 0.1) is 0 Å². The number of fused-ring (bicyclic) bond motifs is 1. The maximum atomic E-state index is 5.15. The van der Waals surface area contributed by atoms with Crippen LogP contribution in [0.3, 0.4) is 0 Å². The van der Waals surface area contributed by atoms with Gasteiger partial charge in [0.2, 0.25) is 5.65 Å². The summed E-state index contributed by atoms with van der Waals surface area (Å²) in [4.78, 5) is 8.63. The first-order chi connectivity index (χ1) is 6.88. The predicted octanol–water partition coefficient (Wildman–Crippen LogP) is 1.62. The van der Waals surface area contributed by atoms with Crippen LogP contribution in [0.2, 0.25) is 0 Å². The van der Waals surface area contributed by atoms with Crippen LogP contribution in [0.15, 0.2) is 18.6 Å². The van der Waals surface area contributed by atoms with Crippen LogP contribution in [-0.2, 0) is 0 Å². The molecule has 2 aromatic rings. The van der Waals surface area contributed by atoms with Crippen LogP contribution in [0.4, 0.5) is 0 Å². The zero-order valence-corrected chi connectivity index (χ0v) is 7.97. The second-order valence-electron chi connectivity index (χ2n) is 3.61. The molecule has 0 aliphatic heterocycles. The standard InChI is InChI=1S/C10H11N3O/c1-14-10-9-12-8(7-2-3-7)6-13(9)5-4-11-10/h4-7H,2-3H2,1H3. The summed E-state index contributed by atoms with van der Waals surface area (Å²) in [5.41, 5.74) is 1.98. The molecule has 1 aliphatic rings. The molecule has 0 aromatic carbocycles. The van der Waals surface area contributed by atoms with Gasteiger partial charge in [0.1, 0.15) is 0 Å². The monoisotopic (exact) mass is 189 g/mol. The van der Waals surface area contributed by atoms with E-state index >= 15 is 0 Å². The summed E-state index contributed by atoms with van der Waals surface area (Å²) in [6.07, 6.45) is 8.22. The van der Waals surface area contributed by atoms with Crippen molar-refractivity contribution in [3.63, 3.8) is 0 Å². The van der Waals surface area contributed by atoms with Crippen molar-refractivity contribution in [3.8, 4) is 5.88 Å². The van der Waals surface area contributed by atoms with Crippen molar-refractivity contribution in [1.82, 2.24) is 14.4 Å². The highest BCUT2D eigenvalue weighted by atomic mass is 16.5. The summed E-state index contributed by atoms with van der Waals surface area (Å²) in [7, 11) is 1.62. The van der Waals surface area contributed by atoms with Gasteiger partial charge in [-0.05, 0) is 12.8 Å². The van der Waals surface area contributed by atoms with E-state index in [1.165, 1.54) is 12.8 Å². The lowest BCUT2D eigenvalue weighted by molar-refractivity contribution is 0.400. The largest absolute Gasteiger partial charge is 0.478 e. The number of hydrogen-bond acceptors (Lipinski definition) is 3. The second kappa shape index (κ2) is 2.70. The number of imidazole rings is 1. The van der Waals surface area contributed by atoms with E-state index in [-0.39, 0.29) is 0 Å². The Morgan fingerprint density at radius 1 is 1.50 bits per heavy atom. The van der Waals surface area contributed by atoms with Gasteiger partial charge in [-0.25, -0.2) is 9.97 Å². The minimum Gasteiger partial charge on any atom is -0.478 e. The predicted molar refractivity (Wildman–Crippen MR) is 51.5 cm³/mol. The molecule has 3 rings (SSSR count). The average Bonchev–Trinajstić information content (AvgIpc) is 2.97. The molecule has 2 aromatic heterocycles. The number of methoxy groups -OCH3 is 1. The maximum Gasteiger partial charge on any atom is 0.258 e. The summed E-state index contributed by atoms with van der Waals surface area (Å²) in [6, 6.07) is 0. The molecular weight excluding hydrogens is 178 g/mol. The van der Waals surface area contributed by atoms with Crippen molar-refractivity contribution in [2.24, 2.45) is 0 Å². The minimum absolute atomic E-state index is 0.597. The van der Waals surface area contributed by atoms with E-state index in [1.807, 2.05) is 10.6 Å². The molecule has 72 valence electrons. The third-order valence-electron chi connectivity index (χ3n) is 2.55. The van der Waals surface area contributed by atoms with Crippen LogP contribution in [0.5, 0.6) is 5.88 Å². The highest BCUT2D eigenvalue weighted by molar-refractivity contribution is 5.50. The Hall–Kier alpha value is -1.58. The molecule has 2 heterocycles. The smallest absolute Gasteiger partial charge is 0.258 e. The number of ether oxygens (including phenoxy) is 1. The Bertz CT molecular complexity index is 473. The Kier molecular flexibility index (Phi) is 1.50. The average molecular weight is 189 g/mol. The molecule has 0 atom stereocenters. The third-order valence-corrected chi connectivity index (χ3v) is 2.55. The van der Waals surface area contributed by atoms with Gasteiger partial charge in [0.05, 0.1) is 12.8 Å². The van der Waals surface area contributed by atoms with Crippen molar-refractivity contribution in [2.75, 3.05) is 7.11 Å². The SMILES string of the molecule is COc1nccn2cc(C3CC3)nc12. The molecule has 4 nitrogen and oxygen atoms in total. The first-order valence-corrected chi connectivity index (χ1v) is 4.76. The van der Waals surface area contributed by atoms with Gasteiger partial charge in [0, 0.05) is 24.5 Å². The van der Waals surface area contributed by atoms with E-state index in [9.17, 15) is 0 Å². The van der Waals surface area contributed by atoms with Crippen molar-refractivity contribution < 1.29 is 4.74 Å². The molecule has 1 saturated carbocycles. The molecule has 1 fully saturated rings. The molecule has 14 heavy (non-hydrogen) atoms. The molecular formula is C10H11N3O. The van der Waals surface area contributed by atoms with Gasteiger partial charge in [-0.15, -0.1) is 0 Å². The van der Waals surface area contributed by atoms with Crippen molar-refractivity contribution in [2.45, 2.75) is 18.8 Å². The molecule has 4 heteroatoms. The molecule has 0 bridgehead atoms. The van der Waals surface area contributed by atoms with E-state index < -0.39 is 0 Å². The van der Waals surface area contributed by atoms with Crippen molar-refractivity contribution in [3.05, 3.63) is 24.3 Å². The van der Waals surface area contributed by atoms with Crippen LogP contribution in [-0.4, -0.2) is 21.5 Å². The van der Waals surface area contributed by atoms with E-state index in [0.29, 0.717) is 11.8 Å². The van der Waals surface area contributed by atoms with E-state index in [0.717, 1.165) is 11.3 Å². The molecule has 0 N–H and O–H groups in total. The second-order valence-corrected chi connectivity index (χ2v) is 3.61. The maximum absolute atomic E-state index is 5.15. The number of rotatable bonds is 2. The summed E-state index contributed by atoms with van der Waals surface area (Å²) in [5, 5.41) is 0. The van der Waals surface area contributed by atoms with Gasteiger partial charge < -0.3 is 9.14 Å². The molecule has 0 saturated heterocycles. The van der Waals surface area contributed by atoms with Gasteiger partial charge in [0.15, 0.2) is 0 Å². The summed E-state index contributed by atoms with van der Waals surface area (Å²) in [5.74, 6) is 1.26. The fourth-order valence-electron chi connectivity index (χ4n) is 1.63. The summed E-state index contributed by atoms with van der Waals surface area (Å²) < 4.78 is 7.12. The fourth-order valence-corrected chi connectivity index (χ4v) is 1.63. The van der Waals surface area contributed by atoms with E-state index in [4.69, 9.17) is 4.74 Å². The zero-order chi connectivity index (χ0) is 9.54. The first kappa shape index (κ1) is 7.79. The van der Waals surface area contributed by atoms with Crippen LogP contribution >= 0.6 is 0 Å². The third kappa shape index (κ3) is 1.07. The highest BCUT2D eigenvalue weighted by Gasteiger charge is 2.26. The van der Waals surface area contributed by atoms with Crippen LogP contribution in [0.1, 0.15) is 24.5 Å². The van der Waals surface area contributed by atoms with Gasteiger partial charge in [-0.3, -0.25) is 0 Å². The lowest BCUT2D eigenvalue weighted by atomic mass is 10.3. The van der Waals surface area contributed by atoms with Crippen molar-refractivity contribution >= 4 is 5.65 Å². The Morgan fingerprint density at radius 2 is 2.36 bits per heavy atom. The first-order valence-electron chi connectivity index (χ1n) is 4.76. The topological polar surface area (TPSA) is 39.4 Å². The highest BCUT2D eigenvalue weighted by Crippen LogP contribution is 2.39. The Balaban J connectivity index is 2.20. The summed E-state index contributed by atoms with van der Waals surface area (Å²) >= 11 is 0. The normalized spacial score (nSPS) is 16.1. The van der Waals surface area contributed by atoms with E-state index in [1.54, 1.807) is 13.3 Å². The van der Waals surface area contributed by atoms with Gasteiger partial charge in [-0.1, -0.05) is 0 Å². The minimum atomic E-state index is 0.597. The van der Waals surface area contributed by atoms with Gasteiger partial charge in [0.25, 0.3) is 5.88 Å². The number of nitrogens with zero attached hydrogens (tertiary/aromatic N) is 3. The van der Waals surface area contributed by atoms with E-state index in [2.05, 4.69) is 16.2 Å². The molecule has 0 spiro atoms. The lowest BCUT2D eigenvalue weighted by Crippen LogP contribution is -1.92. The zero-order valence-electron chi connectivity index (χ0n) is 7.97. The quantitative estimate of drug-likeness (QED) is 0.720. The summed E-state index contributed by atoms with van der Waals surface area (Å²) in [6.45, 7) is 0. The Morgan fingerprint density at radius 3 is 3.07 bits per heavy atom. The van der Waals surface area contributed by atoms with Crippen molar-refractivity contribution in [1.29, 1.82) is 0 Å². The number of hydrogen-bond donors (Lipinski definition) is 0.